The molecule has 0 saturated carbocycles. The molecule has 2 bridgehead atoms. The Morgan fingerprint density at radius 2 is 2.12 bits per heavy atom. The lowest BCUT2D eigenvalue weighted by molar-refractivity contribution is 0.0149. The standard InChI is InChI=1S/C17H20N4O2S.CH4/c22-16(19-13-3-6-18-7-4-13)14-11-24-17(20-14)23-15-5-9-21-8-1-2-12(15)10-21;/h3-4,6-7,11-12,15H,1-2,5,8-10H2,(H,18,19,22);1H4/t12?,15-;/m0./s1. The Balaban J connectivity index is 0.00000182. The van der Waals surface area contributed by atoms with Gasteiger partial charge in [0.1, 0.15) is 11.8 Å². The molecule has 6 nitrogen and oxygen atoms in total. The smallest absolute Gasteiger partial charge is 0.275 e. The molecular formula is C18H24N4O2S. The number of nitrogens with one attached hydrogen (secondary N) is 1. The maximum atomic E-state index is 12.2. The van der Waals surface area contributed by atoms with Crippen LogP contribution in [0.2, 0.25) is 0 Å². The topological polar surface area (TPSA) is 67.3 Å². The number of ether oxygens (including phenoxy) is 1. The Morgan fingerprint density at radius 3 is 2.96 bits per heavy atom. The van der Waals surface area contributed by atoms with Crippen LogP contribution in [0.4, 0.5) is 5.69 Å². The van der Waals surface area contributed by atoms with Crippen LogP contribution in [0.15, 0.2) is 29.9 Å². The summed E-state index contributed by atoms with van der Waals surface area (Å²) >= 11 is 1.39. The molecule has 2 aliphatic heterocycles. The number of piperidine rings is 2. The average molecular weight is 360 g/mol. The molecule has 2 fully saturated rings. The van der Waals surface area contributed by atoms with Gasteiger partial charge < -0.3 is 15.0 Å². The van der Waals surface area contributed by atoms with Gasteiger partial charge in [-0.3, -0.25) is 9.78 Å². The Morgan fingerprint density at radius 1 is 1.28 bits per heavy atom. The van der Waals surface area contributed by atoms with Crippen molar-refractivity contribution in [2.45, 2.75) is 32.8 Å². The van der Waals surface area contributed by atoms with Crippen LogP contribution >= 0.6 is 11.3 Å². The molecule has 2 saturated heterocycles. The monoisotopic (exact) mass is 360 g/mol. The van der Waals surface area contributed by atoms with Crippen LogP contribution < -0.4 is 10.1 Å². The van der Waals surface area contributed by atoms with Gasteiger partial charge in [-0.1, -0.05) is 18.8 Å². The number of carbonyl (C=O) groups is 1. The molecule has 2 aliphatic rings. The van der Waals surface area contributed by atoms with Gasteiger partial charge in [-0.05, 0) is 37.9 Å². The minimum Gasteiger partial charge on any atom is -0.466 e. The van der Waals surface area contributed by atoms with Gasteiger partial charge >= 0.3 is 0 Å². The SMILES string of the molecule is C.O=C(Nc1ccncc1)c1csc(O[C@H]2CCN3CCCC2C3)n1. The third kappa shape index (κ3) is 4.16. The third-order valence-electron chi connectivity index (χ3n) is 4.70. The first kappa shape index (κ1) is 17.8. The first-order chi connectivity index (χ1) is 11.8. The number of fused-ring (bicyclic) bond motifs is 2. The van der Waals surface area contributed by atoms with E-state index in [9.17, 15) is 4.79 Å². The number of nitrogens with zero attached hydrogens (tertiary/aromatic N) is 3. The van der Waals surface area contributed by atoms with Crippen LogP contribution in [0.1, 0.15) is 37.2 Å². The lowest BCUT2D eigenvalue weighted by Crippen LogP contribution is -2.48. The fourth-order valence-corrected chi connectivity index (χ4v) is 4.18. The lowest BCUT2D eigenvalue weighted by atomic mass is 9.87. The molecule has 4 rings (SSSR count). The summed E-state index contributed by atoms with van der Waals surface area (Å²) in [7, 11) is 0. The number of carbonyl (C=O) groups excluding carboxylic acids is 1. The molecule has 134 valence electrons. The van der Waals surface area contributed by atoms with Crippen molar-refractivity contribution in [2.24, 2.45) is 5.92 Å². The number of pyridine rings is 1. The number of anilines is 1. The highest BCUT2D eigenvalue weighted by Crippen LogP contribution is 2.31. The van der Waals surface area contributed by atoms with Gasteiger partial charge in [-0.2, -0.15) is 4.98 Å². The van der Waals surface area contributed by atoms with Crippen LogP contribution in [0.25, 0.3) is 0 Å². The molecule has 7 heteroatoms. The Hall–Kier alpha value is -1.99. The van der Waals surface area contributed by atoms with Gasteiger partial charge in [0.2, 0.25) is 0 Å². The lowest BCUT2D eigenvalue weighted by Gasteiger charge is -2.41. The van der Waals surface area contributed by atoms with Crippen molar-refractivity contribution < 1.29 is 9.53 Å². The second-order valence-corrected chi connectivity index (χ2v) is 7.16. The molecule has 3 atom stereocenters. The van der Waals surface area contributed by atoms with E-state index in [0.717, 1.165) is 19.5 Å². The van der Waals surface area contributed by atoms with Gasteiger partial charge in [-0.25, -0.2) is 0 Å². The predicted molar refractivity (Wildman–Crippen MR) is 99.2 cm³/mol. The fourth-order valence-electron chi connectivity index (χ4n) is 3.47. The highest BCUT2D eigenvalue weighted by atomic mass is 32.1. The summed E-state index contributed by atoms with van der Waals surface area (Å²) in [6.45, 7) is 3.45. The van der Waals surface area contributed by atoms with Crippen LogP contribution in [0, 0.1) is 5.92 Å². The Kier molecular flexibility index (Phi) is 5.65. The van der Waals surface area contributed by atoms with E-state index in [-0.39, 0.29) is 19.4 Å². The predicted octanol–water partition coefficient (Wildman–Crippen LogP) is 3.29. The number of aromatic nitrogens is 2. The summed E-state index contributed by atoms with van der Waals surface area (Å²) in [6.07, 6.45) is 7.03. The second-order valence-electron chi connectivity index (χ2n) is 6.34. The maximum Gasteiger partial charge on any atom is 0.275 e. The van der Waals surface area contributed by atoms with E-state index in [4.69, 9.17) is 4.74 Å². The van der Waals surface area contributed by atoms with Crippen molar-refractivity contribution in [3.8, 4) is 5.19 Å². The molecule has 2 aromatic rings. The molecule has 25 heavy (non-hydrogen) atoms. The van der Waals surface area contributed by atoms with Gasteiger partial charge in [0, 0.05) is 42.5 Å². The van der Waals surface area contributed by atoms with Crippen LogP contribution in [-0.2, 0) is 0 Å². The Labute approximate surface area is 152 Å². The minimum atomic E-state index is -0.222. The van der Waals surface area contributed by atoms with E-state index < -0.39 is 0 Å². The maximum absolute atomic E-state index is 12.2. The van der Waals surface area contributed by atoms with Gasteiger partial charge in [0.25, 0.3) is 11.1 Å². The summed E-state index contributed by atoms with van der Waals surface area (Å²) in [4.78, 5) is 23.1. The van der Waals surface area contributed by atoms with Gasteiger partial charge in [-0.15, -0.1) is 0 Å². The number of amides is 1. The zero-order valence-corrected chi connectivity index (χ0v) is 14.2. The van der Waals surface area contributed by atoms with Crippen molar-refractivity contribution in [1.82, 2.24) is 14.9 Å². The van der Waals surface area contributed by atoms with Crippen LogP contribution in [0.3, 0.4) is 0 Å². The van der Waals surface area contributed by atoms with E-state index in [0.29, 0.717) is 22.5 Å². The second kappa shape index (κ2) is 7.93. The summed E-state index contributed by atoms with van der Waals surface area (Å²) < 4.78 is 6.11. The minimum absolute atomic E-state index is 0. The molecule has 0 aromatic carbocycles. The first-order valence-corrected chi connectivity index (χ1v) is 9.22. The number of hydrogen-bond donors (Lipinski definition) is 1. The Bertz CT molecular complexity index is 706. The quantitative estimate of drug-likeness (QED) is 0.906. The molecule has 0 radical (unpaired) electrons. The van der Waals surface area contributed by atoms with Crippen molar-refractivity contribution in [1.29, 1.82) is 0 Å². The van der Waals surface area contributed by atoms with Crippen molar-refractivity contribution in [3.05, 3.63) is 35.6 Å². The van der Waals surface area contributed by atoms with E-state index in [1.54, 1.807) is 29.9 Å². The first-order valence-electron chi connectivity index (χ1n) is 8.34. The van der Waals surface area contributed by atoms with Gasteiger partial charge in [0.15, 0.2) is 0 Å². The highest BCUT2D eigenvalue weighted by Gasteiger charge is 2.33. The molecule has 1 amide bonds. The van der Waals surface area contributed by atoms with Crippen molar-refractivity contribution in [3.63, 3.8) is 0 Å². The zero-order chi connectivity index (χ0) is 16.4. The number of rotatable bonds is 4. The van der Waals surface area contributed by atoms with Crippen LogP contribution in [-0.4, -0.2) is 46.5 Å². The van der Waals surface area contributed by atoms with Crippen molar-refractivity contribution >= 4 is 22.9 Å². The number of hydrogen-bond acceptors (Lipinski definition) is 6. The molecule has 2 aromatic heterocycles. The average Bonchev–Trinajstić information content (AvgIpc) is 3.08. The van der Waals surface area contributed by atoms with Crippen molar-refractivity contribution in [2.75, 3.05) is 25.0 Å². The number of thiazole rings is 1. The summed E-state index contributed by atoms with van der Waals surface area (Å²) in [5.74, 6) is 0.366. The summed E-state index contributed by atoms with van der Waals surface area (Å²) in [6, 6.07) is 3.50. The molecule has 0 spiro atoms. The molecule has 1 N–H and O–H groups in total. The van der Waals surface area contributed by atoms with Crippen LogP contribution in [0.5, 0.6) is 5.19 Å². The van der Waals surface area contributed by atoms with E-state index in [1.807, 2.05) is 0 Å². The third-order valence-corrected chi connectivity index (χ3v) is 5.43. The summed E-state index contributed by atoms with van der Waals surface area (Å²) in [5, 5.41) is 5.16. The molecular weight excluding hydrogens is 336 g/mol. The zero-order valence-electron chi connectivity index (χ0n) is 13.4. The summed E-state index contributed by atoms with van der Waals surface area (Å²) in [5.41, 5.74) is 1.10. The molecule has 2 unspecified atom stereocenters. The van der Waals surface area contributed by atoms with E-state index in [2.05, 4.69) is 20.2 Å². The molecule has 4 heterocycles. The highest BCUT2D eigenvalue weighted by molar-refractivity contribution is 7.11. The molecule has 0 aliphatic carbocycles. The fraction of sp³-hybridized carbons (Fsp3) is 0.500. The van der Waals surface area contributed by atoms with Gasteiger partial charge in [0.05, 0.1) is 0 Å². The normalized spacial score (nSPS) is 24.9. The van der Waals surface area contributed by atoms with E-state index >= 15 is 0 Å². The van der Waals surface area contributed by atoms with E-state index in [1.165, 1.54) is 30.7 Å². The largest absolute Gasteiger partial charge is 0.466 e.